The predicted molar refractivity (Wildman–Crippen MR) is 144 cm³/mol. The number of nitro groups is 1. The van der Waals surface area contributed by atoms with Crippen molar-refractivity contribution in [1.82, 2.24) is 0 Å². The molecular weight excluding hydrogens is 434 g/mol. The van der Waals surface area contributed by atoms with Crippen molar-refractivity contribution in [2.75, 3.05) is 0 Å². The van der Waals surface area contributed by atoms with Gasteiger partial charge in [0.1, 0.15) is 0 Å². The highest BCUT2D eigenvalue weighted by Gasteiger charge is 2.28. The van der Waals surface area contributed by atoms with Crippen LogP contribution in [0.25, 0.3) is 10.8 Å². The average molecular weight is 462 g/mol. The summed E-state index contributed by atoms with van der Waals surface area (Å²) < 4.78 is 0. The van der Waals surface area contributed by atoms with Crippen molar-refractivity contribution in [3.8, 4) is 0 Å². The molecular formula is C30H27N3O2. The zero-order valence-electron chi connectivity index (χ0n) is 20.3. The van der Waals surface area contributed by atoms with Gasteiger partial charge >= 0.3 is 0 Å². The lowest BCUT2D eigenvalue weighted by atomic mass is 9.92. The minimum atomic E-state index is -0.397. The summed E-state index contributed by atoms with van der Waals surface area (Å²) in [4.78, 5) is 21.0. The molecule has 5 heteroatoms. The maximum absolute atomic E-state index is 11.1. The van der Waals surface area contributed by atoms with Crippen LogP contribution in [0.2, 0.25) is 0 Å². The number of para-hydroxylation sites is 1. The molecule has 4 aromatic rings. The summed E-state index contributed by atoms with van der Waals surface area (Å²) in [5.41, 5.74) is 7.85. The lowest BCUT2D eigenvalue weighted by molar-refractivity contribution is -0.384. The van der Waals surface area contributed by atoms with E-state index in [0.29, 0.717) is 17.5 Å². The van der Waals surface area contributed by atoms with Crippen LogP contribution in [0.15, 0.2) is 88.8 Å². The lowest BCUT2D eigenvalue weighted by Gasteiger charge is -2.17. The molecule has 0 atom stereocenters. The summed E-state index contributed by atoms with van der Waals surface area (Å²) in [6.45, 7) is 8.77. The van der Waals surface area contributed by atoms with Gasteiger partial charge in [-0.15, -0.1) is 0 Å². The van der Waals surface area contributed by atoms with E-state index in [1.807, 2.05) is 6.07 Å². The molecule has 4 aromatic carbocycles. The van der Waals surface area contributed by atoms with Gasteiger partial charge < -0.3 is 0 Å². The first-order valence-corrected chi connectivity index (χ1v) is 11.9. The van der Waals surface area contributed by atoms with Gasteiger partial charge in [0.05, 0.1) is 27.7 Å². The summed E-state index contributed by atoms with van der Waals surface area (Å²) in [6.07, 6.45) is 0. The second kappa shape index (κ2) is 8.91. The number of aliphatic imine (C=N–C) groups is 2. The lowest BCUT2D eigenvalue weighted by Crippen LogP contribution is -2.11. The van der Waals surface area contributed by atoms with E-state index in [9.17, 15) is 10.1 Å². The fraction of sp³-hybridized carbons (Fsp3) is 0.200. The van der Waals surface area contributed by atoms with Crippen LogP contribution in [0.1, 0.15) is 61.8 Å². The quantitative estimate of drug-likeness (QED) is 0.222. The second-order valence-corrected chi connectivity index (χ2v) is 9.50. The Kier molecular flexibility index (Phi) is 5.77. The van der Waals surface area contributed by atoms with E-state index in [4.69, 9.17) is 9.98 Å². The first-order chi connectivity index (χ1) is 16.8. The SMILES string of the molecule is CC(C)c1cccc(C(C)C)c1/N=C1/C(=N/c2ccc([N+](=O)[O-])cc2)c2cccc3cccc1c23. The minimum Gasteiger partial charge on any atom is -0.258 e. The third kappa shape index (κ3) is 4.03. The molecule has 5 nitrogen and oxygen atoms in total. The van der Waals surface area contributed by atoms with Crippen LogP contribution >= 0.6 is 0 Å². The van der Waals surface area contributed by atoms with Crippen molar-refractivity contribution < 1.29 is 4.92 Å². The number of benzene rings is 4. The zero-order chi connectivity index (χ0) is 24.7. The number of hydrogen-bond acceptors (Lipinski definition) is 4. The number of hydrogen-bond donors (Lipinski definition) is 0. The third-order valence-corrected chi connectivity index (χ3v) is 6.51. The molecule has 0 radical (unpaired) electrons. The van der Waals surface area contributed by atoms with Crippen LogP contribution in [-0.2, 0) is 0 Å². The van der Waals surface area contributed by atoms with E-state index in [0.717, 1.165) is 39.0 Å². The molecule has 0 N–H and O–H groups in total. The van der Waals surface area contributed by atoms with Gasteiger partial charge in [-0.2, -0.15) is 0 Å². The Morgan fingerprint density at radius 3 is 1.71 bits per heavy atom. The molecule has 1 aliphatic rings. The molecule has 0 heterocycles. The topological polar surface area (TPSA) is 67.9 Å². The Labute approximate surface area is 205 Å². The van der Waals surface area contributed by atoms with Crippen molar-refractivity contribution in [1.29, 1.82) is 0 Å². The monoisotopic (exact) mass is 461 g/mol. The Morgan fingerprint density at radius 1 is 0.686 bits per heavy atom. The Morgan fingerprint density at radius 2 is 1.20 bits per heavy atom. The first-order valence-electron chi connectivity index (χ1n) is 11.9. The maximum atomic E-state index is 11.1. The first kappa shape index (κ1) is 22.7. The second-order valence-electron chi connectivity index (χ2n) is 9.50. The Bertz CT molecular complexity index is 1480. The van der Waals surface area contributed by atoms with Crippen LogP contribution in [0, 0.1) is 10.1 Å². The van der Waals surface area contributed by atoms with Gasteiger partial charge in [-0.1, -0.05) is 82.3 Å². The summed E-state index contributed by atoms with van der Waals surface area (Å²) in [6, 6.07) is 25.3. The van der Waals surface area contributed by atoms with Crippen molar-refractivity contribution >= 4 is 39.3 Å². The van der Waals surface area contributed by atoms with E-state index >= 15 is 0 Å². The molecule has 5 rings (SSSR count). The van der Waals surface area contributed by atoms with E-state index in [1.165, 1.54) is 23.3 Å². The highest BCUT2D eigenvalue weighted by Crippen LogP contribution is 2.39. The van der Waals surface area contributed by atoms with E-state index in [-0.39, 0.29) is 5.69 Å². The van der Waals surface area contributed by atoms with E-state index in [2.05, 4.69) is 76.2 Å². The highest BCUT2D eigenvalue weighted by molar-refractivity contribution is 6.61. The van der Waals surface area contributed by atoms with Gasteiger partial charge in [0.15, 0.2) is 0 Å². The van der Waals surface area contributed by atoms with Crippen molar-refractivity contribution in [2.45, 2.75) is 39.5 Å². The van der Waals surface area contributed by atoms with Crippen molar-refractivity contribution in [3.05, 3.63) is 111 Å². The number of rotatable bonds is 5. The fourth-order valence-corrected chi connectivity index (χ4v) is 4.75. The summed E-state index contributed by atoms with van der Waals surface area (Å²) in [5, 5.41) is 13.4. The van der Waals surface area contributed by atoms with E-state index in [1.54, 1.807) is 12.1 Å². The smallest absolute Gasteiger partial charge is 0.258 e. The molecule has 35 heavy (non-hydrogen) atoms. The minimum absolute atomic E-state index is 0.0482. The standard InChI is InChI=1S/C30H27N3O2/c1-18(2)23-10-7-11-24(19(3)4)28(23)32-30-26-13-6-9-20-8-5-12-25(27(20)26)29(30)31-21-14-16-22(17-15-21)33(34)35/h5-19H,1-4H3/b31-29+,32-30+. The van der Waals surface area contributed by atoms with Gasteiger partial charge in [-0.05, 0) is 40.5 Å². The number of non-ortho nitro benzene ring substituents is 1. The zero-order valence-corrected chi connectivity index (χ0v) is 20.3. The molecule has 0 saturated carbocycles. The predicted octanol–water partition coefficient (Wildman–Crippen LogP) is 8.25. The van der Waals surface area contributed by atoms with Crippen LogP contribution < -0.4 is 0 Å². The molecule has 0 amide bonds. The molecule has 0 unspecified atom stereocenters. The van der Waals surface area contributed by atoms with Gasteiger partial charge in [-0.3, -0.25) is 10.1 Å². The average Bonchev–Trinajstić information content (AvgIpc) is 3.13. The normalized spacial score (nSPS) is 15.1. The summed E-state index contributed by atoms with van der Waals surface area (Å²) >= 11 is 0. The molecule has 0 fully saturated rings. The van der Waals surface area contributed by atoms with Gasteiger partial charge in [0.2, 0.25) is 0 Å². The number of nitrogens with zero attached hydrogens (tertiary/aromatic N) is 3. The van der Waals surface area contributed by atoms with Gasteiger partial charge in [-0.25, -0.2) is 9.98 Å². The van der Waals surface area contributed by atoms with E-state index < -0.39 is 4.92 Å². The third-order valence-electron chi connectivity index (χ3n) is 6.51. The largest absolute Gasteiger partial charge is 0.269 e. The molecule has 0 aromatic heterocycles. The Balaban J connectivity index is 1.78. The van der Waals surface area contributed by atoms with Crippen molar-refractivity contribution in [3.63, 3.8) is 0 Å². The molecule has 0 bridgehead atoms. The maximum Gasteiger partial charge on any atom is 0.269 e. The number of nitro benzene ring substituents is 1. The van der Waals surface area contributed by atoms with Crippen LogP contribution in [0.3, 0.4) is 0 Å². The highest BCUT2D eigenvalue weighted by atomic mass is 16.6. The molecule has 0 saturated heterocycles. The van der Waals surface area contributed by atoms with Crippen molar-refractivity contribution in [2.24, 2.45) is 9.98 Å². The fourth-order valence-electron chi connectivity index (χ4n) is 4.75. The molecule has 174 valence electrons. The van der Waals surface area contributed by atoms with Crippen LogP contribution in [-0.4, -0.2) is 16.3 Å². The van der Waals surface area contributed by atoms with Crippen LogP contribution in [0.4, 0.5) is 17.1 Å². The van der Waals surface area contributed by atoms with Crippen LogP contribution in [0.5, 0.6) is 0 Å². The van der Waals surface area contributed by atoms with Gasteiger partial charge in [0, 0.05) is 28.6 Å². The molecule has 1 aliphatic carbocycles. The van der Waals surface area contributed by atoms with Gasteiger partial charge in [0.25, 0.3) is 5.69 Å². The Hall–Kier alpha value is -4.12. The molecule has 0 spiro atoms. The molecule has 0 aliphatic heterocycles. The summed E-state index contributed by atoms with van der Waals surface area (Å²) in [5.74, 6) is 0.644. The summed E-state index contributed by atoms with van der Waals surface area (Å²) in [7, 11) is 0.